The molecule has 134 valence electrons. The van der Waals surface area contributed by atoms with Crippen LogP contribution in [0.25, 0.3) is 6.08 Å². The van der Waals surface area contributed by atoms with Gasteiger partial charge < -0.3 is 9.47 Å². The van der Waals surface area contributed by atoms with E-state index >= 15 is 0 Å². The van der Waals surface area contributed by atoms with Gasteiger partial charge in [-0.15, -0.1) is 0 Å². The number of nitrogens with one attached hydrogen (secondary N) is 1. The number of benzene rings is 2. The summed E-state index contributed by atoms with van der Waals surface area (Å²) >= 11 is 5.60. The zero-order valence-electron chi connectivity index (χ0n) is 13.9. The number of amides is 2. The van der Waals surface area contributed by atoms with E-state index in [1.54, 1.807) is 24.3 Å². The van der Waals surface area contributed by atoms with Crippen molar-refractivity contribution in [2.75, 3.05) is 19.2 Å². The van der Waals surface area contributed by atoms with Gasteiger partial charge in [-0.05, 0) is 70.6 Å². The maximum atomic E-state index is 12.7. The summed E-state index contributed by atoms with van der Waals surface area (Å²) in [7, 11) is 3.06. The van der Waals surface area contributed by atoms with Crippen LogP contribution >= 0.6 is 38.5 Å². The minimum absolute atomic E-state index is 0.0384. The summed E-state index contributed by atoms with van der Waals surface area (Å²) in [6, 6.07) is 10.7. The van der Waals surface area contributed by atoms with Gasteiger partial charge in [-0.1, -0.05) is 15.9 Å². The van der Waals surface area contributed by atoms with E-state index in [1.165, 1.54) is 25.3 Å². The molecule has 0 atom stereocenters. The lowest BCUT2D eigenvalue weighted by Crippen LogP contribution is -2.35. The average Bonchev–Trinajstić information content (AvgIpc) is 2.91. The summed E-state index contributed by atoms with van der Waals surface area (Å²) < 4.78 is 12.2. The molecule has 2 amide bonds. The predicted octanol–water partition coefficient (Wildman–Crippen LogP) is 3.53. The number of nitrogens with zero attached hydrogens (tertiary/aromatic N) is 1. The van der Waals surface area contributed by atoms with Crippen LogP contribution in [0.4, 0.5) is 5.69 Å². The van der Waals surface area contributed by atoms with E-state index in [1.807, 2.05) is 12.1 Å². The van der Waals surface area contributed by atoms with E-state index in [4.69, 9.17) is 9.47 Å². The molecule has 0 spiro atoms. The van der Waals surface area contributed by atoms with E-state index in [2.05, 4.69) is 43.9 Å². The van der Waals surface area contributed by atoms with E-state index < -0.39 is 11.8 Å². The highest BCUT2D eigenvalue weighted by Gasteiger charge is 2.34. The molecule has 1 heterocycles. The smallest absolute Gasteiger partial charge is 0.282 e. The molecule has 0 saturated carbocycles. The molecule has 0 unspecified atom stereocenters. The largest absolute Gasteiger partial charge is 0.493 e. The summed E-state index contributed by atoms with van der Waals surface area (Å²) in [5.74, 6) is 0.167. The van der Waals surface area contributed by atoms with Crippen molar-refractivity contribution in [1.82, 2.24) is 5.43 Å². The standard InChI is InChI=1S/C18H14BrIN2O4/c1-25-15-8-10(14(19)9-16(15)26-2)7-13-17(23)21-22(18(13)24)12-5-3-11(20)4-6-12/h3-9H,1-2H3,(H,21,23)/b13-7+. The second-order valence-corrected chi connectivity index (χ2v) is 7.44. The highest BCUT2D eigenvalue weighted by atomic mass is 127. The molecular weight excluding hydrogens is 515 g/mol. The van der Waals surface area contributed by atoms with E-state index in [0.717, 1.165) is 3.57 Å². The Balaban J connectivity index is 1.98. The van der Waals surface area contributed by atoms with Gasteiger partial charge in [-0.25, -0.2) is 5.01 Å². The molecule has 1 aliphatic heterocycles. The van der Waals surface area contributed by atoms with Crippen LogP contribution in [0.5, 0.6) is 11.5 Å². The number of hydrogen-bond donors (Lipinski definition) is 1. The number of carbonyl (C=O) groups is 2. The number of rotatable bonds is 4. The molecule has 1 saturated heterocycles. The van der Waals surface area contributed by atoms with Gasteiger partial charge >= 0.3 is 0 Å². The van der Waals surface area contributed by atoms with Gasteiger partial charge in [0.05, 0.1) is 19.9 Å². The fourth-order valence-electron chi connectivity index (χ4n) is 2.47. The molecular formula is C18H14BrIN2O4. The van der Waals surface area contributed by atoms with Gasteiger partial charge in [0, 0.05) is 8.04 Å². The second-order valence-electron chi connectivity index (χ2n) is 5.34. The summed E-state index contributed by atoms with van der Waals surface area (Å²) in [6.45, 7) is 0. The highest BCUT2D eigenvalue weighted by molar-refractivity contribution is 14.1. The molecule has 1 aliphatic rings. The maximum absolute atomic E-state index is 12.7. The SMILES string of the molecule is COc1cc(Br)c(/C=C2\C(=O)NN(c3ccc(I)cc3)C2=O)cc1OC. The highest BCUT2D eigenvalue weighted by Crippen LogP contribution is 2.35. The molecule has 0 radical (unpaired) electrons. The minimum atomic E-state index is -0.463. The van der Waals surface area contributed by atoms with Crippen LogP contribution in [0.1, 0.15) is 5.56 Å². The molecule has 8 heteroatoms. The Kier molecular flexibility index (Phi) is 5.52. The molecule has 2 aromatic rings. The fraction of sp³-hybridized carbons (Fsp3) is 0.111. The molecule has 2 aromatic carbocycles. The first-order valence-electron chi connectivity index (χ1n) is 7.49. The number of anilines is 1. The molecule has 1 N–H and O–H groups in total. The van der Waals surface area contributed by atoms with Crippen LogP contribution in [0.3, 0.4) is 0 Å². The Morgan fingerprint density at radius 2 is 1.69 bits per heavy atom. The zero-order valence-corrected chi connectivity index (χ0v) is 17.6. The molecule has 1 fully saturated rings. The number of carbonyl (C=O) groups excluding carboxylic acids is 2. The van der Waals surface area contributed by atoms with E-state index in [-0.39, 0.29) is 5.57 Å². The lowest BCUT2D eigenvalue weighted by molar-refractivity contribution is -0.117. The van der Waals surface area contributed by atoms with Crippen LogP contribution in [-0.4, -0.2) is 26.0 Å². The van der Waals surface area contributed by atoms with Crippen LogP contribution in [-0.2, 0) is 9.59 Å². The Hall–Kier alpha value is -2.07. The predicted molar refractivity (Wildman–Crippen MR) is 110 cm³/mol. The fourth-order valence-corrected chi connectivity index (χ4v) is 3.26. The topological polar surface area (TPSA) is 67.9 Å². The van der Waals surface area contributed by atoms with Crippen LogP contribution in [0.15, 0.2) is 46.4 Å². The first kappa shape index (κ1) is 18.7. The van der Waals surface area contributed by atoms with Crippen LogP contribution < -0.4 is 19.9 Å². The van der Waals surface area contributed by atoms with Gasteiger partial charge in [0.1, 0.15) is 5.57 Å². The molecule has 6 nitrogen and oxygen atoms in total. The van der Waals surface area contributed by atoms with Crippen molar-refractivity contribution in [1.29, 1.82) is 0 Å². The van der Waals surface area contributed by atoms with Crippen molar-refractivity contribution in [2.24, 2.45) is 0 Å². The van der Waals surface area contributed by atoms with Crippen molar-refractivity contribution in [3.63, 3.8) is 0 Å². The van der Waals surface area contributed by atoms with Crippen molar-refractivity contribution < 1.29 is 19.1 Å². The summed E-state index contributed by atoms with van der Waals surface area (Å²) in [4.78, 5) is 25.0. The number of hydrogen-bond acceptors (Lipinski definition) is 4. The molecule has 0 bridgehead atoms. The summed E-state index contributed by atoms with van der Waals surface area (Å²) in [5.41, 5.74) is 3.85. The van der Waals surface area contributed by atoms with E-state index in [0.29, 0.717) is 27.2 Å². The molecule has 26 heavy (non-hydrogen) atoms. The molecule has 0 aliphatic carbocycles. The third kappa shape index (κ3) is 3.56. The Morgan fingerprint density at radius 1 is 1.08 bits per heavy atom. The maximum Gasteiger partial charge on any atom is 0.282 e. The Bertz CT molecular complexity index is 912. The Morgan fingerprint density at radius 3 is 2.31 bits per heavy atom. The Labute approximate surface area is 172 Å². The third-order valence-corrected chi connectivity index (χ3v) is 5.18. The van der Waals surface area contributed by atoms with Crippen molar-refractivity contribution in [3.05, 3.63) is 55.6 Å². The number of halogens is 2. The average molecular weight is 529 g/mol. The van der Waals surface area contributed by atoms with Gasteiger partial charge in [-0.2, -0.15) is 0 Å². The lowest BCUT2D eigenvalue weighted by atomic mass is 10.1. The van der Waals surface area contributed by atoms with Gasteiger partial charge in [0.25, 0.3) is 11.8 Å². The van der Waals surface area contributed by atoms with Gasteiger partial charge in [0.15, 0.2) is 11.5 Å². The van der Waals surface area contributed by atoms with Crippen molar-refractivity contribution in [3.8, 4) is 11.5 Å². The summed E-state index contributed by atoms with van der Waals surface area (Å²) in [5, 5.41) is 1.24. The van der Waals surface area contributed by atoms with E-state index in [9.17, 15) is 9.59 Å². The zero-order chi connectivity index (χ0) is 18.8. The first-order valence-corrected chi connectivity index (χ1v) is 9.36. The minimum Gasteiger partial charge on any atom is -0.493 e. The summed E-state index contributed by atoms with van der Waals surface area (Å²) in [6.07, 6.45) is 1.52. The van der Waals surface area contributed by atoms with Crippen molar-refractivity contribution in [2.45, 2.75) is 0 Å². The van der Waals surface area contributed by atoms with Crippen LogP contribution in [0, 0.1) is 3.57 Å². The quantitative estimate of drug-likeness (QED) is 0.374. The monoisotopic (exact) mass is 528 g/mol. The van der Waals surface area contributed by atoms with Gasteiger partial charge in [0.2, 0.25) is 0 Å². The third-order valence-electron chi connectivity index (χ3n) is 3.78. The number of methoxy groups -OCH3 is 2. The van der Waals surface area contributed by atoms with Gasteiger partial charge in [-0.3, -0.25) is 15.0 Å². The lowest BCUT2D eigenvalue weighted by Gasteiger charge is -2.14. The molecule has 0 aromatic heterocycles. The number of hydrazine groups is 1. The first-order chi connectivity index (χ1) is 12.4. The van der Waals surface area contributed by atoms with Crippen molar-refractivity contribution >= 4 is 62.1 Å². The van der Waals surface area contributed by atoms with Crippen LogP contribution in [0.2, 0.25) is 0 Å². The second kappa shape index (κ2) is 7.67. The number of ether oxygens (including phenoxy) is 2. The normalized spacial score (nSPS) is 15.4. The molecule has 3 rings (SSSR count).